The summed E-state index contributed by atoms with van der Waals surface area (Å²) in [5.74, 6) is 0.802. The Morgan fingerprint density at radius 2 is 1.82 bits per heavy atom. The summed E-state index contributed by atoms with van der Waals surface area (Å²) >= 11 is 6.17. The van der Waals surface area contributed by atoms with Crippen LogP contribution in [0.2, 0.25) is 5.02 Å². The normalized spacial score (nSPS) is 11.6. The maximum Gasteiger partial charge on any atom is 0.337 e. The molecule has 0 bridgehead atoms. The van der Waals surface area contributed by atoms with Crippen molar-refractivity contribution < 1.29 is 19.0 Å². The summed E-state index contributed by atoms with van der Waals surface area (Å²) in [5, 5.41) is 0.352. The predicted molar refractivity (Wildman–Crippen MR) is 84.8 cm³/mol. The van der Waals surface area contributed by atoms with Crippen molar-refractivity contribution in [1.29, 1.82) is 0 Å². The highest BCUT2D eigenvalue weighted by Gasteiger charge is 2.15. The number of ether oxygens (including phenoxy) is 3. The Hall–Kier alpha value is -2.20. The molecule has 22 heavy (non-hydrogen) atoms. The number of hydrogen-bond acceptors (Lipinski definition) is 4. The van der Waals surface area contributed by atoms with Crippen LogP contribution in [-0.2, 0) is 4.74 Å². The molecule has 0 amide bonds. The molecule has 2 rings (SSSR count). The van der Waals surface area contributed by atoms with Crippen molar-refractivity contribution in [1.82, 2.24) is 0 Å². The lowest BCUT2D eigenvalue weighted by molar-refractivity contribution is 0.0600. The quantitative estimate of drug-likeness (QED) is 0.771. The standard InChI is InChI=1S/C17H17ClO4/c1-11(13-6-4-5-7-15(13)20-2)22-16-9-8-12(10-14(16)18)17(19)21-3/h4-11H,1-3H3. The van der Waals surface area contributed by atoms with Crippen LogP contribution in [0.3, 0.4) is 0 Å². The fourth-order valence-electron chi connectivity index (χ4n) is 2.10. The Bertz CT molecular complexity index is 669. The van der Waals surface area contributed by atoms with Gasteiger partial charge in [-0.25, -0.2) is 4.79 Å². The van der Waals surface area contributed by atoms with Crippen LogP contribution >= 0.6 is 11.6 Å². The summed E-state index contributed by atoms with van der Waals surface area (Å²) in [7, 11) is 2.94. The highest BCUT2D eigenvalue weighted by atomic mass is 35.5. The van der Waals surface area contributed by atoms with Crippen LogP contribution in [0.4, 0.5) is 0 Å². The van der Waals surface area contributed by atoms with Crippen molar-refractivity contribution in [3.8, 4) is 11.5 Å². The molecular weight excluding hydrogens is 304 g/mol. The average Bonchev–Trinajstić information content (AvgIpc) is 2.55. The number of methoxy groups -OCH3 is 2. The summed E-state index contributed by atoms with van der Waals surface area (Å²) in [6.07, 6.45) is -0.252. The van der Waals surface area contributed by atoms with E-state index in [1.54, 1.807) is 19.2 Å². The van der Waals surface area contributed by atoms with Gasteiger partial charge in [-0.2, -0.15) is 0 Å². The number of hydrogen-bond donors (Lipinski definition) is 0. The van der Waals surface area contributed by atoms with E-state index in [1.165, 1.54) is 13.2 Å². The summed E-state index contributed by atoms with van der Waals surface area (Å²) < 4.78 is 15.9. The smallest absolute Gasteiger partial charge is 0.337 e. The number of carbonyl (C=O) groups excluding carboxylic acids is 1. The maximum atomic E-state index is 11.5. The minimum absolute atomic E-state index is 0.252. The third kappa shape index (κ3) is 3.52. The first-order chi connectivity index (χ1) is 10.6. The van der Waals surface area contributed by atoms with Gasteiger partial charge in [0, 0.05) is 5.56 Å². The zero-order valence-corrected chi connectivity index (χ0v) is 13.4. The van der Waals surface area contributed by atoms with Crippen LogP contribution in [0.25, 0.3) is 0 Å². The number of benzene rings is 2. The van der Waals surface area contributed by atoms with E-state index in [-0.39, 0.29) is 6.10 Å². The van der Waals surface area contributed by atoms with Gasteiger partial charge < -0.3 is 14.2 Å². The van der Waals surface area contributed by atoms with E-state index >= 15 is 0 Å². The van der Waals surface area contributed by atoms with E-state index in [0.29, 0.717) is 16.3 Å². The molecule has 4 nitrogen and oxygen atoms in total. The molecule has 0 radical (unpaired) electrons. The SMILES string of the molecule is COC(=O)c1ccc(OC(C)c2ccccc2OC)c(Cl)c1. The Morgan fingerprint density at radius 1 is 1.09 bits per heavy atom. The van der Waals surface area contributed by atoms with E-state index < -0.39 is 5.97 Å². The van der Waals surface area contributed by atoms with Crippen LogP contribution in [0.1, 0.15) is 28.9 Å². The maximum absolute atomic E-state index is 11.5. The highest BCUT2D eigenvalue weighted by molar-refractivity contribution is 6.32. The molecule has 1 unspecified atom stereocenters. The Labute approximate surface area is 134 Å². The van der Waals surface area contributed by atoms with E-state index in [4.69, 9.17) is 21.1 Å². The van der Waals surface area contributed by atoms with Gasteiger partial charge in [-0.05, 0) is 31.2 Å². The van der Waals surface area contributed by atoms with Gasteiger partial charge in [0.15, 0.2) is 0 Å². The van der Waals surface area contributed by atoms with Crippen molar-refractivity contribution >= 4 is 17.6 Å². The van der Waals surface area contributed by atoms with Gasteiger partial charge in [0.1, 0.15) is 17.6 Å². The Morgan fingerprint density at radius 3 is 2.45 bits per heavy atom. The number of rotatable bonds is 5. The molecule has 0 aliphatic heterocycles. The van der Waals surface area contributed by atoms with E-state index in [9.17, 15) is 4.79 Å². The van der Waals surface area contributed by atoms with E-state index in [1.807, 2.05) is 31.2 Å². The van der Waals surface area contributed by atoms with Crippen LogP contribution < -0.4 is 9.47 Å². The van der Waals surface area contributed by atoms with Gasteiger partial charge in [-0.1, -0.05) is 29.8 Å². The van der Waals surface area contributed by atoms with Gasteiger partial charge in [0.2, 0.25) is 0 Å². The molecule has 0 saturated heterocycles. The van der Waals surface area contributed by atoms with Crippen LogP contribution in [-0.4, -0.2) is 20.2 Å². The summed E-state index contributed by atoms with van der Waals surface area (Å²) in [4.78, 5) is 11.5. The molecule has 5 heteroatoms. The monoisotopic (exact) mass is 320 g/mol. The summed E-state index contributed by atoms with van der Waals surface area (Å²) in [5.41, 5.74) is 1.29. The lowest BCUT2D eigenvalue weighted by Crippen LogP contribution is -2.06. The zero-order chi connectivity index (χ0) is 16.1. The second kappa shape index (κ2) is 7.18. The van der Waals surface area contributed by atoms with Crippen molar-refractivity contribution in [3.05, 3.63) is 58.6 Å². The molecule has 0 fully saturated rings. The zero-order valence-electron chi connectivity index (χ0n) is 12.6. The minimum atomic E-state index is -0.439. The number of halogens is 1. The number of para-hydroxylation sites is 1. The summed E-state index contributed by atoms with van der Waals surface area (Å²) in [6.45, 7) is 1.91. The van der Waals surface area contributed by atoms with Gasteiger partial charge in [0.25, 0.3) is 0 Å². The molecule has 2 aromatic rings. The lowest BCUT2D eigenvalue weighted by atomic mass is 10.1. The predicted octanol–water partition coefficient (Wildman–Crippen LogP) is 4.28. The first kappa shape index (κ1) is 16.2. The average molecular weight is 321 g/mol. The van der Waals surface area contributed by atoms with Crippen LogP contribution in [0.5, 0.6) is 11.5 Å². The number of carbonyl (C=O) groups is 1. The fraction of sp³-hybridized carbons (Fsp3) is 0.235. The second-order valence-electron chi connectivity index (χ2n) is 4.64. The highest BCUT2D eigenvalue weighted by Crippen LogP contribution is 2.33. The van der Waals surface area contributed by atoms with Crippen molar-refractivity contribution in [2.45, 2.75) is 13.0 Å². The van der Waals surface area contributed by atoms with E-state index in [2.05, 4.69) is 4.74 Å². The minimum Gasteiger partial charge on any atom is -0.496 e. The second-order valence-corrected chi connectivity index (χ2v) is 5.05. The molecule has 0 aromatic heterocycles. The molecule has 0 aliphatic carbocycles. The number of esters is 1. The summed E-state index contributed by atoms with van der Waals surface area (Å²) in [6, 6.07) is 12.4. The third-order valence-corrected chi connectivity index (χ3v) is 3.53. The van der Waals surface area contributed by atoms with Gasteiger partial charge >= 0.3 is 5.97 Å². The molecule has 0 spiro atoms. The van der Waals surface area contributed by atoms with Gasteiger partial charge in [0.05, 0.1) is 24.8 Å². The fourth-order valence-corrected chi connectivity index (χ4v) is 2.32. The molecule has 0 aliphatic rings. The van der Waals surface area contributed by atoms with Crippen molar-refractivity contribution in [3.63, 3.8) is 0 Å². The topological polar surface area (TPSA) is 44.8 Å². The Balaban J connectivity index is 2.21. The molecule has 116 valence electrons. The molecule has 1 atom stereocenters. The molecule has 0 heterocycles. The largest absolute Gasteiger partial charge is 0.496 e. The van der Waals surface area contributed by atoms with Gasteiger partial charge in [-0.3, -0.25) is 0 Å². The molecule has 2 aromatic carbocycles. The lowest BCUT2D eigenvalue weighted by Gasteiger charge is -2.18. The first-order valence-electron chi connectivity index (χ1n) is 6.74. The van der Waals surface area contributed by atoms with Crippen molar-refractivity contribution in [2.75, 3.05) is 14.2 Å². The van der Waals surface area contributed by atoms with Crippen LogP contribution in [0, 0.1) is 0 Å². The first-order valence-corrected chi connectivity index (χ1v) is 7.12. The van der Waals surface area contributed by atoms with E-state index in [0.717, 1.165) is 11.3 Å². The molecule has 0 N–H and O–H groups in total. The Kier molecular flexibility index (Phi) is 5.28. The third-order valence-electron chi connectivity index (χ3n) is 3.23. The van der Waals surface area contributed by atoms with Crippen molar-refractivity contribution in [2.24, 2.45) is 0 Å². The van der Waals surface area contributed by atoms with Gasteiger partial charge in [-0.15, -0.1) is 0 Å². The molecular formula is C17H17ClO4. The van der Waals surface area contributed by atoms with Crippen LogP contribution in [0.15, 0.2) is 42.5 Å². The molecule has 0 saturated carbocycles.